The monoisotopic (exact) mass is 412 g/mol. The van der Waals surface area contributed by atoms with Gasteiger partial charge in [-0.1, -0.05) is 23.2 Å². The molecule has 0 spiro atoms. The number of fused-ring (bicyclic) bond motifs is 1. The molecule has 2 aliphatic rings. The first-order valence-electron chi connectivity index (χ1n) is 9.91. The lowest BCUT2D eigenvalue weighted by molar-refractivity contribution is -0.147. The lowest BCUT2D eigenvalue weighted by Gasteiger charge is -2.38. The van der Waals surface area contributed by atoms with Gasteiger partial charge in [0.1, 0.15) is 12.4 Å². The second-order valence-electron chi connectivity index (χ2n) is 7.99. The number of hydrogen-bond donors (Lipinski definition) is 1. The van der Waals surface area contributed by atoms with Crippen molar-refractivity contribution < 1.29 is 14.6 Å². The maximum absolute atomic E-state index is 11.0. The molecule has 1 aliphatic heterocycles. The molecule has 1 aromatic carbocycles. The van der Waals surface area contributed by atoms with Gasteiger partial charge in [0, 0.05) is 30.9 Å². The third-order valence-electron chi connectivity index (χ3n) is 5.91. The average Bonchev–Trinajstić information content (AvgIpc) is 2.66. The van der Waals surface area contributed by atoms with Gasteiger partial charge in [-0.25, -0.2) is 0 Å². The molecule has 2 aromatic rings. The van der Waals surface area contributed by atoms with Crippen molar-refractivity contribution in [3.63, 3.8) is 0 Å². The number of carboxylic acid groups (broad SMARTS) is 1. The zero-order chi connectivity index (χ0) is 20.5. The molecular weight excluding hydrogens is 388 g/mol. The summed E-state index contributed by atoms with van der Waals surface area (Å²) in [5, 5.41) is 9.75. The predicted octanol–water partition coefficient (Wildman–Crippen LogP) is 4.36. The van der Waals surface area contributed by atoms with Crippen LogP contribution in [0.2, 0.25) is 5.02 Å². The number of carbonyl (C=O) groups is 1. The minimum atomic E-state index is -0.684. The van der Waals surface area contributed by atoms with E-state index < -0.39 is 5.97 Å². The molecule has 6 heteroatoms. The van der Waals surface area contributed by atoms with Crippen molar-refractivity contribution in [2.24, 2.45) is 5.92 Å². The van der Waals surface area contributed by atoms with Gasteiger partial charge in [0.2, 0.25) is 0 Å². The van der Waals surface area contributed by atoms with Gasteiger partial charge in [0.05, 0.1) is 11.6 Å². The fourth-order valence-electron chi connectivity index (χ4n) is 3.99. The molecule has 2 heterocycles. The van der Waals surface area contributed by atoms with Gasteiger partial charge >= 0.3 is 5.97 Å². The minimum Gasteiger partial charge on any atom is -0.487 e. The summed E-state index contributed by atoms with van der Waals surface area (Å²) in [6.45, 7) is 6.66. The van der Waals surface area contributed by atoms with E-state index in [0.29, 0.717) is 24.7 Å². The van der Waals surface area contributed by atoms with Crippen molar-refractivity contribution in [1.29, 1.82) is 0 Å². The largest absolute Gasteiger partial charge is 0.487 e. The Hall–Kier alpha value is -2.37. The maximum atomic E-state index is 11.0. The van der Waals surface area contributed by atoms with Crippen molar-refractivity contribution in [2.75, 3.05) is 19.6 Å². The van der Waals surface area contributed by atoms with E-state index in [2.05, 4.69) is 28.9 Å². The Labute approximate surface area is 176 Å². The molecule has 0 bridgehead atoms. The van der Waals surface area contributed by atoms with E-state index in [1.165, 1.54) is 22.3 Å². The predicted molar refractivity (Wildman–Crippen MR) is 113 cm³/mol. The lowest BCUT2D eigenvalue weighted by atomic mass is 9.85. The first-order chi connectivity index (χ1) is 13.9. The van der Waals surface area contributed by atoms with Crippen LogP contribution in [0, 0.1) is 12.8 Å². The molecule has 0 saturated carbocycles. The average molecular weight is 413 g/mol. The van der Waals surface area contributed by atoms with E-state index in [1.807, 2.05) is 19.1 Å². The Morgan fingerprint density at radius 2 is 2.07 bits per heavy atom. The van der Waals surface area contributed by atoms with Crippen LogP contribution in [0.5, 0.6) is 5.75 Å². The van der Waals surface area contributed by atoms with E-state index in [9.17, 15) is 4.79 Å². The molecule has 0 radical (unpaired) electrons. The number of rotatable bonds is 6. The summed E-state index contributed by atoms with van der Waals surface area (Å²) in [6, 6.07) is 8.10. The minimum absolute atomic E-state index is 0.204. The van der Waals surface area contributed by atoms with Gasteiger partial charge in [-0.2, -0.15) is 0 Å². The van der Waals surface area contributed by atoms with E-state index in [-0.39, 0.29) is 5.92 Å². The number of aryl methyl sites for hydroxylation is 2. The zero-order valence-corrected chi connectivity index (χ0v) is 17.5. The number of pyridine rings is 1. The highest BCUT2D eigenvalue weighted by Gasteiger charge is 2.33. The molecule has 1 aromatic heterocycles. The highest BCUT2D eigenvalue weighted by atomic mass is 35.5. The number of halogens is 1. The van der Waals surface area contributed by atoms with Crippen LogP contribution in [0.4, 0.5) is 0 Å². The van der Waals surface area contributed by atoms with Crippen molar-refractivity contribution in [1.82, 2.24) is 9.88 Å². The van der Waals surface area contributed by atoms with Gasteiger partial charge < -0.3 is 9.84 Å². The summed E-state index contributed by atoms with van der Waals surface area (Å²) >= 11 is 6.16. The molecule has 5 nitrogen and oxygen atoms in total. The van der Waals surface area contributed by atoms with E-state index >= 15 is 0 Å². The van der Waals surface area contributed by atoms with Crippen LogP contribution in [0.1, 0.15) is 35.7 Å². The second-order valence-corrected chi connectivity index (χ2v) is 8.40. The Bertz CT molecular complexity index is 980. The number of aliphatic carboxylic acids is 1. The maximum Gasteiger partial charge on any atom is 0.309 e. The van der Waals surface area contributed by atoms with Crippen molar-refractivity contribution in [3.8, 4) is 5.75 Å². The van der Waals surface area contributed by atoms with E-state index in [0.717, 1.165) is 36.4 Å². The highest BCUT2D eigenvalue weighted by Crippen LogP contribution is 2.34. The molecule has 1 aliphatic carbocycles. The molecule has 1 N–H and O–H groups in total. The topological polar surface area (TPSA) is 62.7 Å². The molecule has 0 amide bonds. The van der Waals surface area contributed by atoms with Crippen LogP contribution in [-0.4, -0.2) is 40.6 Å². The number of allylic oxidation sites excluding steroid dienone is 1. The molecule has 1 fully saturated rings. The summed E-state index contributed by atoms with van der Waals surface area (Å²) in [4.78, 5) is 17.6. The SMILES string of the molecule is CC1=C(CN2CC(C(=O)O)C2)CCc2cc(OCc3cc(Cl)c(C)cn3)ccc21. The summed E-state index contributed by atoms with van der Waals surface area (Å²) < 4.78 is 5.94. The summed E-state index contributed by atoms with van der Waals surface area (Å²) in [6.07, 6.45) is 3.75. The number of carboxylic acids is 1. The molecule has 29 heavy (non-hydrogen) atoms. The van der Waals surface area contributed by atoms with Crippen LogP contribution in [-0.2, 0) is 17.8 Å². The molecule has 152 valence electrons. The number of hydrogen-bond acceptors (Lipinski definition) is 4. The number of ether oxygens (including phenoxy) is 1. The third-order valence-corrected chi connectivity index (χ3v) is 6.32. The fraction of sp³-hybridized carbons (Fsp3) is 0.391. The van der Waals surface area contributed by atoms with Crippen LogP contribution in [0.15, 0.2) is 36.0 Å². The van der Waals surface area contributed by atoms with Crippen LogP contribution in [0.25, 0.3) is 5.57 Å². The highest BCUT2D eigenvalue weighted by molar-refractivity contribution is 6.31. The number of nitrogens with zero attached hydrogens (tertiary/aromatic N) is 2. The van der Waals surface area contributed by atoms with Crippen LogP contribution < -0.4 is 4.74 Å². The Morgan fingerprint density at radius 1 is 1.28 bits per heavy atom. The van der Waals surface area contributed by atoms with Crippen LogP contribution >= 0.6 is 11.6 Å². The summed E-state index contributed by atoms with van der Waals surface area (Å²) in [7, 11) is 0. The zero-order valence-electron chi connectivity index (χ0n) is 16.7. The van der Waals surface area contributed by atoms with Crippen molar-refractivity contribution in [3.05, 3.63) is 63.4 Å². The Morgan fingerprint density at radius 3 is 2.79 bits per heavy atom. The summed E-state index contributed by atoms with van der Waals surface area (Å²) in [5.41, 5.74) is 7.05. The normalized spacial score (nSPS) is 17.1. The standard InChI is InChI=1S/C23H25ClN2O3/c1-14-9-25-19(8-22(14)24)13-29-20-5-6-21-15(2)17(4-3-16(21)7-20)10-26-11-18(12-26)23(27)28/h5-9,18H,3-4,10-13H2,1-2H3,(H,27,28). The Kier molecular flexibility index (Phi) is 5.61. The smallest absolute Gasteiger partial charge is 0.309 e. The van der Waals surface area contributed by atoms with Crippen molar-refractivity contribution >= 4 is 23.1 Å². The van der Waals surface area contributed by atoms with Crippen molar-refractivity contribution in [2.45, 2.75) is 33.3 Å². The molecule has 0 atom stereocenters. The van der Waals surface area contributed by atoms with Gasteiger partial charge in [0.25, 0.3) is 0 Å². The molecular formula is C23H25ClN2O3. The number of aromatic nitrogens is 1. The third kappa shape index (κ3) is 4.31. The van der Waals surface area contributed by atoms with Gasteiger partial charge in [0.15, 0.2) is 0 Å². The molecule has 1 saturated heterocycles. The fourth-order valence-corrected chi connectivity index (χ4v) is 4.17. The van der Waals surface area contributed by atoms with Gasteiger partial charge in [-0.3, -0.25) is 14.7 Å². The van der Waals surface area contributed by atoms with E-state index in [4.69, 9.17) is 21.4 Å². The first-order valence-corrected chi connectivity index (χ1v) is 10.3. The molecule has 4 rings (SSSR count). The van der Waals surface area contributed by atoms with Gasteiger partial charge in [-0.15, -0.1) is 0 Å². The Balaban J connectivity index is 1.41. The quantitative estimate of drug-likeness (QED) is 0.763. The van der Waals surface area contributed by atoms with Crippen LogP contribution in [0.3, 0.4) is 0 Å². The van der Waals surface area contributed by atoms with E-state index in [1.54, 1.807) is 6.20 Å². The second kappa shape index (κ2) is 8.17. The van der Waals surface area contributed by atoms with Gasteiger partial charge in [-0.05, 0) is 67.2 Å². The number of benzene rings is 1. The molecule has 0 unspecified atom stereocenters. The number of likely N-dealkylation sites (tertiary alicyclic amines) is 1. The first kappa shape index (κ1) is 19.9. The summed E-state index contributed by atoms with van der Waals surface area (Å²) in [5.74, 6) is -0.0495. The lowest BCUT2D eigenvalue weighted by Crippen LogP contribution is -2.50.